The summed E-state index contributed by atoms with van der Waals surface area (Å²) in [7, 11) is 3.13. The van der Waals surface area contributed by atoms with E-state index in [0.717, 1.165) is 15.6 Å². The Morgan fingerprint density at radius 2 is 1.93 bits per heavy atom. The molecular formula is C29H28ClN5O3S2. The number of Topliss-reactive ketones (excluding diaryl/α,β-unsaturated/α-hetero) is 1. The molecule has 2 aromatic carbocycles. The molecule has 1 aliphatic carbocycles. The van der Waals surface area contributed by atoms with Crippen molar-refractivity contribution in [1.29, 1.82) is 5.26 Å². The molecule has 0 bridgehead atoms. The summed E-state index contributed by atoms with van der Waals surface area (Å²) >= 11 is 8.93. The van der Waals surface area contributed by atoms with Crippen LogP contribution in [0.2, 0.25) is 5.02 Å². The van der Waals surface area contributed by atoms with Crippen LogP contribution in [0.3, 0.4) is 0 Å². The fraction of sp³-hybridized carbons (Fsp3) is 0.310. The zero-order chi connectivity index (χ0) is 28.6. The zero-order valence-corrected chi connectivity index (χ0v) is 24.9. The number of ether oxygens (including phenoxy) is 2. The first kappa shape index (κ1) is 28.0. The third-order valence-corrected chi connectivity index (χ3v) is 9.36. The number of halogens is 1. The van der Waals surface area contributed by atoms with Crippen molar-refractivity contribution in [3.05, 3.63) is 81.3 Å². The van der Waals surface area contributed by atoms with Crippen molar-refractivity contribution in [1.82, 2.24) is 10.2 Å². The van der Waals surface area contributed by atoms with Gasteiger partial charge < -0.3 is 15.2 Å². The SMILES string of the molecule is COc1ccc(OC)c(C2C(C#N)=C(N)N(c3nnc(SCc4ccc(Cl)cc4)s3)C3=C2C(=O)CC(C)(C)C3)c1. The van der Waals surface area contributed by atoms with Crippen LogP contribution < -0.4 is 20.1 Å². The lowest BCUT2D eigenvalue weighted by Gasteiger charge is -2.42. The number of carbonyl (C=O) groups is 1. The fourth-order valence-corrected chi connectivity index (χ4v) is 7.14. The molecule has 0 saturated carbocycles. The van der Waals surface area contributed by atoms with E-state index in [1.165, 1.54) is 11.3 Å². The van der Waals surface area contributed by atoms with E-state index in [9.17, 15) is 10.1 Å². The van der Waals surface area contributed by atoms with Crippen LogP contribution >= 0.6 is 34.7 Å². The van der Waals surface area contributed by atoms with Gasteiger partial charge in [-0.05, 0) is 47.7 Å². The predicted molar refractivity (Wildman–Crippen MR) is 158 cm³/mol. The van der Waals surface area contributed by atoms with E-state index in [0.29, 0.717) is 51.4 Å². The van der Waals surface area contributed by atoms with E-state index < -0.39 is 5.92 Å². The van der Waals surface area contributed by atoms with Gasteiger partial charge in [0.2, 0.25) is 5.13 Å². The second-order valence-corrected chi connectivity index (χ2v) is 13.0. The Hall–Kier alpha value is -3.52. The Morgan fingerprint density at radius 3 is 2.60 bits per heavy atom. The molecular weight excluding hydrogens is 566 g/mol. The first-order chi connectivity index (χ1) is 19.2. The minimum Gasteiger partial charge on any atom is -0.497 e. The largest absolute Gasteiger partial charge is 0.497 e. The van der Waals surface area contributed by atoms with Gasteiger partial charge in [0.1, 0.15) is 17.3 Å². The molecule has 0 radical (unpaired) electrons. The molecule has 2 aliphatic rings. The summed E-state index contributed by atoms with van der Waals surface area (Å²) in [6, 6.07) is 15.3. The molecule has 2 N–H and O–H groups in total. The molecule has 1 unspecified atom stereocenters. The minimum atomic E-state index is -0.698. The standard InChI is InChI=1S/C29H28ClN5O3S2/c1-29(2)12-21-25(22(36)13-29)24(19-11-18(37-3)9-10-23(19)38-4)20(14-31)26(32)35(21)27-33-34-28(40-27)39-15-16-5-7-17(30)8-6-16/h5-11,24H,12-13,15,32H2,1-4H3. The Bertz CT molecular complexity index is 1570. The van der Waals surface area contributed by atoms with E-state index in [-0.39, 0.29) is 22.6 Å². The second kappa shape index (κ2) is 11.2. The molecule has 0 saturated heterocycles. The van der Waals surface area contributed by atoms with Crippen LogP contribution in [0, 0.1) is 16.7 Å². The van der Waals surface area contributed by atoms with Crippen molar-refractivity contribution in [3.63, 3.8) is 0 Å². The van der Waals surface area contributed by atoms with Gasteiger partial charge in [0.05, 0.1) is 31.8 Å². The van der Waals surface area contributed by atoms with Gasteiger partial charge in [0.15, 0.2) is 10.1 Å². The summed E-state index contributed by atoms with van der Waals surface area (Å²) < 4.78 is 11.9. The third kappa shape index (κ3) is 5.29. The van der Waals surface area contributed by atoms with Crippen LogP contribution in [0.4, 0.5) is 5.13 Å². The Labute approximate surface area is 246 Å². The first-order valence-corrected chi connectivity index (χ1v) is 14.7. The number of anilines is 1. The van der Waals surface area contributed by atoms with Gasteiger partial charge in [-0.1, -0.05) is 60.7 Å². The zero-order valence-electron chi connectivity index (χ0n) is 22.5. The molecule has 206 valence electrons. The van der Waals surface area contributed by atoms with E-state index in [2.05, 4.69) is 30.1 Å². The van der Waals surface area contributed by atoms with Crippen molar-refractivity contribution in [2.24, 2.45) is 11.1 Å². The fourth-order valence-electron chi connectivity index (χ4n) is 5.18. The monoisotopic (exact) mass is 593 g/mol. The minimum absolute atomic E-state index is 0.0341. The number of hydrogen-bond donors (Lipinski definition) is 1. The van der Waals surface area contributed by atoms with Crippen LogP contribution in [0.5, 0.6) is 11.5 Å². The third-order valence-electron chi connectivity index (χ3n) is 6.99. The lowest BCUT2D eigenvalue weighted by atomic mass is 9.68. The molecule has 40 heavy (non-hydrogen) atoms. The molecule has 1 aliphatic heterocycles. The summed E-state index contributed by atoms with van der Waals surface area (Å²) in [5.74, 6) is 1.32. The van der Waals surface area contributed by atoms with Crippen LogP contribution in [0.1, 0.15) is 43.7 Å². The van der Waals surface area contributed by atoms with E-state index >= 15 is 0 Å². The summed E-state index contributed by atoms with van der Waals surface area (Å²) in [4.78, 5) is 15.6. The van der Waals surface area contributed by atoms with Gasteiger partial charge in [0.25, 0.3) is 0 Å². The second-order valence-electron chi connectivity index (χ2n) is 10.4. The number of carbonyl (C=O) groups excluding carboxylic acids is 1. The number of ketones is 1. The lowest BCUT2D eigenvalue weighted by Crippen LogP contribution is -2.42. The highest BCUT2D eigenvalue weighted by Crippen LogP contribution is 2.52. The highest BCUT2D eigenvalue weighted by molar-refractivity contribution is 8.00. The number of nitrogens with zero attached hydrogens (tertiary/aromatic N) is 4. The predicted octanol–water partition coefficient (Wildman–Crippen LogP) is 6.44. The maximum atomic E-state index is 13.8. The van der Waals surface area contributed by atoms with Gasteiger partial charge in [-0.3, -0.25) is 9.69 Å². The van der Waals surface area contributed by atoms with Gasteiger partial charge in [-0.25, -0.2) is 0 Å². The van der Waals surface area contributed by atoms with Gasteiger partial charge >= 0.3 is 0 Å². The van der Waals surface area contributed by atoms with Crippen LogP contribution in [0.15, 0.2) is 69.5 Å². The number of hydrogen-bond acceptors (Lipinski definition) is 10. The topological polar surface area (TPSA) is 114 Å². The van der Waals surface area contributed by atoms with Crippen molar-refractivity contribution >= 4 is 45.6 Å². The number of rotatable bonds is 7. The number of benzene rings is 2. The maximum Gasteiger partial charge on any atom is 0.219 e. The molecule has 1 atom stereocenters. The van der Waals surface area contributed by atoms with Gasteiger partial charge in [-0.15, -0.1) is 10.2 Å². The summed E-state index contributed by atoms with van der Waals surface area (Å²) in [5, 5.41) is 20.4. The highest BCUT2D eigenvalue weighted by atomic mass is 35.5. The van der Waals surface area contributed by atoms with Crippen molar-refractivity contribution in [3.8, 4) is 17.6 Å². The normalized spacial score (nSPS) is 18.4. The average Bonchev–Trinajstić information content (AvgIpc) is 3.39. The van der Waals surface area contributed by atoms with Gasteiger partial charge in [-0.2, -0.15) is 5.26 Å². The van der Waals surface area contributed by atoms with Crippen LogP contribution in [-0.4, -0.2) is 30.2 Å². The Morgan fingerprint density at radius 1 is 1.18 bits per heavy atom. The molecule has 0 amide bonds. The number of nitrogens with two attached hydrogens (primary N) is 1. The Kier molecular flexibility index (Phi) is 7.82. The quantitative estimate of drug-likeness (QED) is 0.309. The molecule has 0 spiro atoms. The van der Waals surface area contributed by atoms with Crippen molar-refractivity contribution in [2.75, 3.05) is 19.1 Å². The smallest absolute Gasteiger partial charge is 0.219 e. The van der Waals surface area contributed by atoms with Crippen molar-refractivity contribution < 1.29 is 14.3 Å². The molecule has 11 heteroatoms. The molecule has 2 heterocycles. The van der Waals surface area contributed by atoms with E-state index in [1.54, 1.807) is 49.1 Å². The lowest BCUT2D eigenvalue weighted by molar-refractivity contribution is -0.118. The number of methoxy groups -OCH3 is 2. The number of aromatic nitrogens is 2. The highest BCUT2D eigenvalue weighted by Gasteiger charge is 2.46. The van der Waals surface area contributed by atoms with Crippen LogP contribution in [-0.2, 0) is 10.5 Å². The first-order valence-electron chi connectivity index (χ1n) is 12.5. The van der Waals surface area contributed by atoms with Crippen molar-refractivity contribution in [2.45, 2.75) is 42.7 Å². The van der Waals surface area contributed by atoms with E-state index in [4.69, 9.17) is 26.8 Å². The summed E-state index contributed by atoms with van der Waals surface area (Å²) in [6.45, 7) is 4.11. The summed E-state index contributed by atoms with van der Waals surface area (Å²) in [5.41, 5.74) is 9.74. The number of nitriles is 1. The van der Waals surface area contributed by atoms with E-state index in [1.807, 2.05) is 24.3 Å². The number of allylic oxidation sites excluding steroid dienone is 3. The molecule has 1 aromatic heterocycles. The molecule has 8 nitrogen and oxygen atoms in total. The van der Waals surface area contributed by atoms with Gasteiger partial charge in [0, 0.05) is 34.0 Å². The molecule has 0 fully saturated rings. The Balaban J connectivity index is 1.60. The van der Waals surface area contributed by atoms with Crippen LogP contribution in [0.25, 0.3) is 0 Å². The molecule has 5 rings (SSSR count). The average molecular weight is 594 g/mol. The number of thioether (sulfide) groups is 1. The summed E-state index contributed by atoms with van der Waals surface area (Å²) in [6.07, 6.45) is 0.919. The molecule has 3 aromatic rings. The maximum absolute atomic E-state index is 13.8.